The number of carbonyl (C=O) groups is 2. The van der Waals surface area contributed by atoms with Crippen molar-refractivity contribution in [3.63, 3.8) is 0 Å². The Morgan fingerprint density at radius 1 is 1.42 bits per heavy atom. The van der Waals surface area contributed by atoms with Crippen molar-refractivity contribution in [1.82, 2.24) is 4.90 Å². The Labute approximate surface area is 112 Å². The Balaban J connectivity index is 2.05. The van der Waals surface area contributed by atoms with Gasteiger partial charge < -0.3 is 15.0 Å². The van der Waals surface area contributed by atoms with E-state index in [2.05, 4.69) is 5.32 Å². The fourth-order valence-electron chi connectivity index (χ4n) is 2.31. The number of benzene rings is 1. The van der Waals surface area contributed by atoms with Gasteiger partial charge in [-0.15, -0.1) is 0 Å². The summed E-state index contributed by atoms with van der Waals surface area (Å²) in [7, 11) is 1.34. The first-order chi connectivity index (χ1) is 9.11. The number of nitrogens with zero attached hydrogens (tertiary/aromatic N) is 1. The highest BCUT2D eigenvalue weighted by Crippen LogP contribution is 2.20. The summed E-state index contributed by atoms with van der Waals surface area (Å²) >= 11 is 0. The summed E-state index contributed by atoms with van der Waals surface area (Å²) < 4.78 is 4.72. The van der Waals surface area contributed by atoms with Gasteiger partial charge in [0.2, 0.25) is 0 Å². The van der Waals surface area contributed by atoms with Crippen molar-refractivity contribution in [2.45, 2.75) is 25.8 Å². The molecular weight excluding hydrogens is 244 g/mol. The van der Waals surface area contributed by atoms with Gasteiger partial charge >= 0.3 is 12.0 Å². The average molecular weight is 262 g/mol. The maximum Gasteiger partial charge on any atom is 0.328 e. The number of methoxy groups -OCH3 is 1. The first-order valence-corrected chi connectivity index (χ1v) is 6.34. The number of ether oxygens (including phenoxy) is 1. The number of amides is 2. The molecule has 1 aromatic rings. The molecule has 0 bridgehead atoms. The van der Waals surface area contributed by atoms with Gasteiger partial charge in [-0.1, -0.05) is 12.1 Å². The smallest absolute Gasteiger partial charge is 0.328 e. The van der Waals surface area contributed by atoms with E-state index in [1.165, 1.54) is 12.0 Å². The lowest BCUT2D eigenvalue weighted by Gasteiger charge is -2.23. The molecule has 5 heteroatoms. The molecule has 1 aromatic carbocycles. The second-order valence-corrected chi connectivity index (χ2v) is 4.67. The number of anilines is 1. The zero-order valence-electron chi connectivity index (χ0n) is 11.2. The molecule has 19 heavy (non-hydrogen) atoms. The number of aryl methyl sites for hydroxylation is 1. The Morgan fingerprint density at radius 3 is 2.89 bits per heavy atom. The molecule has 1 saturated heterocycles. The molecule has 0 saturated carbocycles. The van der Waals surface area contributed by atoms with Crippen LogP contribution in [-0.2, 0) is 9.53 Å². The number of hydrogen-bond acceptors (Lipinski definition) is 3. The molecule has 1 N–H and O–H groups in total. The van der Waals surface area contributed by atoms with Crippen molar-refractivity contribution in [3.05, 3.63) is 29.8 Å². The van der Waals surface area contributed by atoms with Gasteiger partial charge in [0, 0.05) is 12.2 Å². The maximum atomic E-state index is 12.2. The van der Waals surface area contributed by atoms with Crippen LogP contribution in [0.25, 0.3) is 0 Å². The standard InChI is InChI=1S/C14H18N2O3/c1-10-5-3-6-11(9-10)15-14(18)16-8-4-7-12(16)13(17)19-2/h3,5-6,9,12H,4,7-8H2,1-2H3,(H,15,18). The SMILES string of the molecule is COC(=O)C1CCCN1C(=O)Nc1cccc(C)c1. The molecule has 2 amide bonds. The topological polar surface area (TPSA) is 58.6 Å². The first-order valence-electron chi connectivity index (χ1n) is 6.34. The third-order valence-electron chi connectivity index (χ3n) is 3.26. The molecular formula is C14H18N2O3. The summed E-state index contributed by atoms with van der Waals surface area (Å²) in [6.07, 6.45) is 1.48. The highest BCUT2D eigenvalue weighted by atomic mass is 16.5. The van der Waals surface area contributed by atoms with Crippen LogP contribution in [0.3, 0.4) is 0 Å². The van der Waals surface area contributed by atoms with E-state index in [9.17, 15) is 9.59 Å². The van der Waals surface area contributed by atoms with Gasteiger partial charge in [-0.05, 0) is 37.5 Å². The van der Waals surface area contributed by atoms with Crippen LogP contribution in [0.4, 0.5) is 10.5 Å². The third-order valence-corrected chi connectivity index (χ3v) is 3.26. The number of nitrogens with one attached hydrogen (secondary N) is 1. The van der Waals surface area contributed by atoms with Gasteiger partial charge in [0.05, 0.1) is 7.11 Å². The summed E-state index contributed by atoms with van der Waals surface area (Å²) in [6.45, 7) is 2.54. The molecule has 1 unspecified atom stereocenters. The van der Waals surface area contributed by atoms with Crippen molar-refractivity contribution < 1.29 is 14.3 Å². The van der Waals surface area contributed by atoms with Crippen LogP contribution < -0.4 is 5.32 Å². The second-order valence-electron chi connectivity index (χ2n) is 4.67. The maximum absolute atomic E-state index is 12.2. The van der Waals surface area contributed by atoms with Crippen LogP contribution in [0.5, 0.6) is 0 Å². The average Bonchev–Trinajstić information content (AvgIpc) is 2.87. The van der Waals surface area contributed by atoms with Crippen molar-refractivity contribution in [1.29, 1.82) is 0 Å². The van der Waals surface area contributed by atoms with E-state index in [1.807, 2.05) is 31.2 Å². The molecule has 1 aliphatic heterocycles. The van der Waals surface area contributed by atoms with Crippen LogP contribution in [0.15, 0.2) is 24.3 Å². The predicted molar refractivity (Wildman–Crippen MR) is 71.9 cm³/mol. The van der Waals surface area contributed by atoms with E-state index >= 15 is 0 Å². The number of likely N-dealkylation sites (tertiary alicyclic amines) is 1. The Bertz CT molecular complexity index is 487. The van der Waals surface area contributed by atoms with Crippen molar-refractivity contribution in [3.8, 4) is 0 Å². The van der Waals surface area contributed by atoms with E-state index in [0.717, 1.165) is 17.7 Å². The summed E-state index contributed by atoms with van der Waals surface area (Å²) in [5.74, 6) is -0.350. The zero-order chi connectivity index (χ0) is 13.8. The molecule has 1 fully saturated rings. The Kier molecular flexibility index (Phi) is 4.04. The summed E-state index contributed by atoms with van der Waals surface area (Å²) in [5.41, 5.74) is 1.81. The van der Waals surface area contributed by atoms with E-state index in [0.29, 0.717) is 13.0 Å². The zero-order valence-corrected chi connectivity index (χ0v) is 11.2. The number of esters is 1. The molecule has 0 radical (unpaired) electrons. The first kappa shape index (κ1) is 13.4. The molecule has 0 aromatic heterocycles. The molecule has 0 aliphatic carbocycles. The van der Waals surface area contributed by atoms with E-state index in [4.69, 9.17) is 4.74 Å². The molecule has 1 heterocycles. The fraction of sp³-hybridized carbons (Fsp3) is 0.429. The van der Waals surface area contributed by atoms with Crippen LogP contribution in [0, 0.1) is 6.92 Å². The quantitative estimate of drug-likeness (QED) is 0.831. The molecule has 0 spiro atoms. The Morgan fingerprint density at radius 2 is 2.21 bits per heavy atom. The van der Waals surface area contributed by atoms with Crippen LogP contribution in [-0.4, -0.2) is 36.6 Å². The number of carbonyl (C=O) groups excluding carboxylic acids is 2. The fourth-order valence-corrected chi connectivity index (χ4v) is 2.31. The number of rotatable bonds is 2. The normalized spacial score (nSPS) is 18.2. The molecule has 1 atom stereocenters. The van der Waals surface area contributed by atoms with E-state index in [1.54, 1.807) is 0 Å². The van der Waals surface area contributed by atoms with Gasteiger partial charge in [0.25, 0.3) is 0 Å². The minimum Gasteiger partial charge on any atom is -0.467 e. The number of hydrogen-bond donors (Lipinski definition) is 1. The van der Waals surface area contributed by atoms with E-state index < -0.39 is 6.04 Å². The summed E-state index contributed by atoms with van der Waals surface area (Å²) in [5, 5.41) is 2.81. The minimum absolute atomic E-state index is 0.251. The van der Waals surface area contributed by atoms with Gasteiger partial charge in [-0.3, -0.25) is 0 Å². The summed E-state index contributed by atoms with van der Waals surface area (Å²) in [6, 6.07) is 6.85. The lowest BCUT2D eigenvalue weighted by atomic mass is 10.2. The highest BCUT2D eigenvalue weighted by molar-refractivity contribution is 5.93. The highest BCUT2D eigenvalue weighted by Gasteiger charge is 2.34. The van der Waals surface area contributed by atoms with E-state index in [-0.39, 0.29) is 12.0 Å². The van der Waals surface area contributed by atoms with Crippen molar-refractivity contribution in [2.75, 3.05) is 19.0 Å². The lowest BCUT2D eigenvalue weighted by molar-refractivity contribution is -0.144. The molecule has 5 nitrogen and oxygen atoms in total. The van der Waals surface area contributed by atoms with Crippen LogP contribution >= 0.6 is 0 Å². The summed E-state index contributed by atoms with van der Waals surface area (Å²) in [4.78, 5) is 25.3. The predicted octanol–water partition coefficient (Wildman–Crippen LogP) is 2.16. The van der Waals surface area contributed by atoms with Gasteiger partial charge in [0.1, 0.15) is 6.04 Å². The van der Waals surface area contributed by atoms with Crippen LogP contribution in [0.1, 0.15) is 18.4 Å². The van der Waals surface area contributed by atoms with Crippen LogP contribution in [0.2, 0.25) is 0 Å². The number of urea groups is 1. The van der Waals surface area contributed by atoms with Crippen molar-refractivity contribution in [2.24, 2.45) is 0 Å². The largest absolute Gasteiger partial charge is 0.467 e. The molecule has 102 valence electrons. The Hall–Kier alpha value is -2.04. The van der Waals surface area contributed by atoms with Gasteiger partial charge in [-0.25, -0.2) is 9.59 Å². The van der Waals surface area contributed by atoms with Crippen molar-refractivity contribution >= 4 is 17.7 Å². The minimum atomic E-state index is -0.463. The molecule has 2 rings (SSSR count). The van der Waals surface area contributed by atoms with Gasteiger partial charge in [-0.2, -0.15) is 0 Å². The van der Waals surface area contributed by atoms with Gasteiger partial charge in [0.15, 0.2) is 0 Å². The monoisotopic (exact) mass is 262 g/mol. The lowest BCUT2D eigenvalue weighted by Crippen LogP contribution is -2.43. The third kappa shape index (κ3) is 3.05. The second kappa shape index (κ2) is 5.73. The molecule has 1 aliphatic rings.